The third-order valence-corrected chi connectivity index (χ3v) is 4.03. The van der Waals surface area contributed by atoms with Gasteiger partial charge in [-0.1, -0.05) is 30.7 Å². The molecule has 88 valence electrons. The minimum atomic E-state index is 0.214. The molecule has 0 aromatic heterocycles. The maximum atomic E-state index is 6.15. The van der Waals surface area contributed by atoms with E-state index in [2.05, 4.69) is 24.5 Å². The highest BCUT2D eigenvalue weighted by Crippen LogP contribution is 2.42. The molecule has 0 bridgehead atoms. The topological polar surface area (TPSA) is 38.0 Å². The van der Waals surface area contributed by atoms with Crippen molar-refractivity contribution in [1.29, 1.82) is 0 Å². The quantitative estimate of drug-likeness (QED) is 0.625. The summed E-state index contributed by atoms with van der Waals surface area (Å²) in [7, 11) is 0. The SMILES string of the molecule is Cc1ccc(C(NN)C(C)C2CC2)cc1Cl. The summed E-state index contributed by atoms with van der Waals surface area (Å²) in [5, 5.41) is 0.820. The van der Waals surface area contributed by atoms with Crippen molar-refractivity contribution in [1.82, 2.24) is 5.43 Å². The van der Waals surface area contributed by atoms with Crippen molar-refractivity contribution < 1.29 is 0 Å². The lowest BCUT2D eigenvalue weighted by Gasteiger charge is -2.24. The monoisotopic (exact) mass is 238 g/mol. The molecule has 2 unspecified atom stereocenters. The van der Waals surface area contributed by atoms with Gasteiger partial charge in [-0.3, -0.25) is 11.3 Å². The van der Waals surface area contributed by atoms with Crippen LogP contribution in [0.15, 0.2) is 18.2 Å². The summed E-state index contributed by atoms with van der Waals surface area (Å²) in [6.07, 6.45) is 2.66. The van der Waals surface area contributed by atoms with Crippen molar-refractivity contribution >= 4 is 11.6 Å². The van der Waals surface area contributed by atoms with Gasteiger partial charge in [0, 0.05) is 11.1 Å². The summed E-state index contributed by atoms with van der Waals surface area (Å²) < 4.78 is 0. The molecule has 0 heterocycles. The molecule has 3 heteroatoms. The largest absolute Gasteiger partial charge is 0.271 e. The molecule has 0 spiro atoms. The van der Waals surface area contributed by atoms with Gasteiger partial charge in [0.2, 0.25) is 0 Å². The van der Waals surface area contributed by atoms with Gasteiger partial charge in [-0.05, 0) is 48.8 Å². The van der Waals surface area contributed by atoms with Crippen LogP contribution in [0.3, 0.4) is 0 Å². The van der Waals surface area contributed by atoms with E-state index < -0.39 is 0 Å². The second-order valence-corrected chi connectivity index (χ2v) is 5.26. The van der Waals surface area contributed by atoms with E-state index >= 15 is 0 Å². The number of rotatable bonds is 4. The summed E-state index contributed by atoms with van der Waals surface area (Å²) >= 11 is 6.15. The van der Waals surface area contributed by atoms with Crippen LogP contribution in [0.5, 0.6) is 0 Å². The van der Waals surface area contributed by atoms with Crippen LogP contribution in [0.2, 0.25) is 5.02 Å². The van der Waals surface area contributed by atoms with Gasteiger partial charge in [0.15, 0.2) is 0 Å². The third-order valence-electron chi connectivity index (χ3n) is 3.63. The van der Waals surface area contributed by atoms with Gasteiger partial charge in [0.1, 0.15) is 0 Å². The van der Waals surface area contributed by atoms with Crippen molar-refractivity contribution in [3.8, 4) is 0 Å². The highest BCUT2D eigenvalue weighted by Gasteiger charge is 2.33. The molecule has 1 aliphatic carbocycles. The molecule has 1 saturated carbocycles. The fourth-order valence-corrected chi connectivity index (χ4v) is 2.44. The summed E-state index contributed by atoms with van der Waals surface area (Å²) in [4.78, 5) is 0. The van der Waals surface area contributed by atoms with E-state index in [1.807, 2.05) is 13.0 Å². The minimum Gasteiger partial charge on any atom is -0.271 e. The van der Waals surface area contributed by atoms with E-state index in [0.29, 0.717) is 5.92 Å². The summed E-state index contributed by atoms with van der Waals surface area (Å²) in [6.45, 7) is 4.28. The number of hydrazine groups is 1. The zero-order chi connectivity index (χ0) is 11.7. The predicted octanol–water partition coefficient (Wildman–Crippen LogP) is 3.20. The lowest BCUT2D eigenvalue weighted by Crippen LogP contribution is -2.33. The van der Waals surface area contributed by atoms with Gasteiger partial charge in [-0.25, -0.2) is 0 Å². The molecule has 1 fully saturated rings. The molecular weight excluding hydrogens is 220 g/mol. The molecule has 3 N–H and O–H groups in total. The number of hydrogen-bond donors (Lipinski definition) is 2. The van der Waals surface area contributed by atoms with Crippen molar-refractivity contribution in [3.63, 3.8) is 0 Å². The van der Waals surface area contributed by atoms with Crippen LogP contribution >= 0.6 is 11.6 Å². The highest BCUT2D eigenvalue weighted by atomic mass is 35.5. The number of aryl methyl sites for hydroxylation is 1. The summed E-state index contributed by atoms with van der Waals surface area (Å²) in [6, 6.07) is 6.41. The Balaban J connectivity index is 2.21. The highest BCUT2D eigenvalue weighted by molar-refractivity contribution is 6.31. The van der Waals surface area contributed by atoms with E-state index in [0.717, 1.165) is 16.5 Å². The normalized spacial score (nSPS) is 19.5. The van der Waals surface area contributed by atoms with Crippen LogP contribution in [-0.2, 0) is 0 Å². The van der Waals surface area contributed by atoms with Crippen LogP contribution in [0.4, 0.5) is 0 Å². The third kappa shape index (κ3) is 2.40. The Morgan fingerprint density at radius 3 is 2.62 bits per heavy atom. The summed E-state index contributed by atoms with van der Waals surface area (Å²) in [5.41, 5.74) is 5.23. The van der Waals surface area contributed by atoms with Crippen molar-refractivity contribution in [2.45, 2.75) is 32.7 Å². The zero-order valence-corrected chi connectivity index (χ0v) is 10.6. The number of hydrogen-bond acceptors (Lipinski definition) is 2. The molecule has 1 aromatic carbocycles. The van der Waals surface area contributed by atoms with Crippen LogP contribution in [-0.4, -0.2) is 0 Å². The molecule has 1 aromatic rings. The average molecular weight is 239 g/mol. The van der Waals surface area contributed by atoms with Crippen LogP contribution in [0.25, 0.3) is 0 Å². The first kappa shape index (κ1) is 11.9. The standard InChI is InChI=1S/C13H19ClN2/c1-8-3-4-11(7-12(8)14)13(16-15)9(2)10-5-6-10/h3-4,7,9-10,13,16H,5-6,15H2,1-2H3. The Hall–Kier alpha value is -0.570. The average Bonchev–Trinajstić information content (AvgIpc) is 3.07. The van der Waals surface area contributed by atoms with E-state index in [1.54, 1.807) is 0 Å². The molecule has 2 atom stereocenters. The summed E-state index contributed by atoms with van der Waals surface area (Å²) in [5.74, 6) is 7.06. The fraction of sp³-hybridized carbons (Fsp3) is 0.538. The van der Waals surface area contributed by atoms with Gasteiger partial charge < -0.3 is 0 Å². The smallest absolute Gasteiger partial charge is 0.0488 e. The van der Waals surface area contributed by atoms with Crippen molar-refractivity contribution in [3.05, 3.63) is 34.3 Å². The van der Waals surface area contributed by atoms with Gasteiger partial charge >= 0.3 is 0 Å². The Morgan fingerprint density at radius 2 is 2.12 bits per heavy atom. The maximum absolute atomic E-state index is 6.15. The molecular formula is C13H19ClN2. The van der Waals surface area contributed by atoms with Gasteiger partial charge in [-0.2, -0.15) is 0 Å². The molecule has 0 saturated heterocycles. The number of nitrogens with two attached hydrogens (primary N) is 1. The second kappa shape index (κ2) is 4.74. The fourth-order valence-electron chi connectivity index (χ4n) is 2.25. The predicted molar refractivity (Wildman–Crippen MR) is 68.1 cm³/mol. The van der Waals surface area contributed by atoms with Crippen LogP contribution in [0.1, 0.15) is 36.9 Å². The van der Waals surface area contributed by atoms with E-state index in [4.69, 9.17) is 17.4 Å². The Kier molecular flexibility index (Phi) is 3.53. The maximum Gasteiger partial charge on any atom is 0.0488 e. The van der Waals surface area contributed by atoms with Crippen LogP contribution < -0.4 is 11.3 Å². The number of nitrogens with one attached hydrogen (secondary N) is 1. The first-order chi connectivity index (χ1) is 7.63. The first-order valence-corrected chi connectivity index (χ1v) is 6.23. The Labute approximate surface area is 102 Å². The number of benzene rings is 1. The minimum absolute atomic E-state index is 0.214. The lowest BCUT2D eigenvalue weighted by atomic mass is 9.91. The van der Waals surface area contributed by atoms with Crippen molar-refractivity contribution in [2.24, 2.45) is 17.7 Å². The second-order valence-electron chi connectivity index (χ2n) is 4.85. The molecule has 0 amide bonds. The molecule has 2 nitrogen and oxygen atoms in total. The Bertz CT molecular complexity index is 374. The molecule has 0 radical (unpaired) electrons. The molecule has 1 aliphatic rings. The lowest BCUT2D eigenvalue weighted by molar-refractivity contribution is 0.354. The van der Waals surface area contributed by atoms with E-state index in [9.17, 15) is 0 Å². The van der Waals surface area contributed by atoms with Gasteiger partial charge in [-0.15, -0.1) is 0 Å². The number of halogens is 1. The van der Waals surface area contributed by atoms with Crippen molar-refractivity contribution in [2.75, 3.05) is 0 Å². The molecule has 2 rings (SSSR count). The first-order valence-electron chi connectivity index (χ1n) is 5.85. The Morgan fingerprint density at radius 1 is 1.44 bits per heavy atom. The molecule has 16 heavy (non-hydrogen) atoms. The molecule has 0 aliphatic heterocycles. The van der Waals surface area contributed by atoms with E-state index in [-0.39, 0.29) is 6.04 Å². The zero-order valence-electron chi connectivity index (χ0n) is 9.83. The van der Waals surface area contributed by atoms with E-state index in [1.165, 1.54) is 18.4 Å². The van der Waals surface area contributed by atoms with Gasteiger partial charge in [0.05, 0.1) is 0 Å². The van der Waals surface area contributed by atoms with Crippen LogP contribution in [0, 0.1) is 18.8 Å². The van der Waals surface area contributed by atoms with Gasteiger partial charge in [0.25, 0.3) is 0 Å².